The standard InChI is InChI=1S/C17H28N6O6/c1-9(2)3-11(18)15(26)23-12(4-10-5-19-8-21-10)16(27)20-6-14(25)22-13(7-24)17(28)29/h5,8-9,11-13,24H,3-4,6-7,18H2,1-2H3,(H,19,21)(H,20,27)(H,22,25)(H,23,26)(H,28,29). The zero-order valence-electron chi connectivity index (χ0n) is 16.3. The lowest BCUT2D eigenvalue weighted by atomic mass is 10.0. The van der Waals surface area contributed by atoms with E-state index in [0.29, 0.717) is 12.1 Å². The van der Waals surface area contributed by atoms with Crippen molar-refractivity contribution in [2.75, 3.05) is 13.2 Å². The van der Waals surface area contributed by atoms with E-state index in [2.05, 4.69) is 25.9 Å². The number of nitrogens with one attached hydrogen (secondary N) is 4. The lowest BCUT2D eigenvalue weighted by molar-refractivity contribution is -0.142. The summed E-state index contributed by atoms with van der Waals surface area (Å²) in [6.45, 7) is 2.51. The molecule has 0 aliphatic heterocycles. The van der Waals surface area contributed by atoms with Crippen LogP contribution in [0.4, 0.5) is 0 Å². The van der Waals surface area contributed by atoms with E-state index in [4.69, 9.17) is 15.9 Å². The van der Waals surface area contributed by atoms with Crippen molar-refractivity contribution in [3.63, 3.8) is 0 Å². The summed E-state index contributed by atoms with van der Waals surface area (Å²) in [6.07, 6.45) is 3.43. The van der Waals surface area contributed by atoms with E-state index in [-0.39, 0.29) is 12.3 Å². The van der Waals surface area contributed by atoms with Crippen LogP contribution in [0.2, 0.25) is 0 Å². The Labute approximate surface area is 167 Å². The summed E-state index contributed by atoms with van der Waals surface area (Å²) in [5.74, 6) is -3.18. The van der Waals surface area contributed by atoms with E-state index in [1.54, 1.807) is 0 Å². The highest BCUT2D eigenvalue weighted by molar-refractivity contribution is 5.92. The number of carboxylic acids is 1. The first-order valence-corrected chi connectivity index (χ1v) is 9.08. The maximum Gasteiger partial charge on any atom is 0.328 e. The molecule has 1 rings (SSSR count). The Kier molecular flexibility index (Phi) is 9.75. The number of rotatable bonds is 12. The van der Waals surface area contributed by atoms with Crippen molar-refractivity contribution in [3.05, 3.63) is 18.2 Å². The van der Waals surface area contributed by atoms with Gasteiger partial charge in [0.15, 0.2) is 0 Å². The number of nitrogens with zero attached hydrogens (tertiary/aromatic N) is 1. The van der Waals surface area contributed by atoms with Gasteiger partial charge in [-0.25, -0.2) is 9.78 Å². The lowest BCUT2D eigenvalue weighted by Gasteiger charge is -2.21. The molecule has 12 nitrogen and oxygen atoms in total. The zero-order chi connectivity index (χ0) is 22.0. The molecule has 12 heteroatoms. The van der Waals surface area contributed by atoms with E-state index in [9.17, 15) is 19.2 Å². The van der Waals surface area contributed by atoms with Crippen LogP contribution in [0.25, 0.3) is 0 Å². The fourth-order valence-electron chi connectivity index (χ4n) is 2.44. The summed E-state index contributed by atoms with van der Waals surface area (Å²) in [5, 5.41) is 24.7. The Hall–Kier alpha value is -2.99. The number of H-pyrrole nitrogens is 1. The number of carbonyl (C=O) groups excluding carboxylic acids is 3. The van der Waals surface area contributed by atoms with Crippen LogP contribution >= 0.6 is 0 Å². The average molecular weight is 412 g/mol. The summed E-state index contributed by atoms with van der Waals surface area (Å²) in [7, 11) is 0. The molecule has 8 N–H and O–H groups in total. The summed E-state index contributed by atoms with van der Waals surface area (Å²) in [4.78, 5) is 54.1. The molecule has 3 atom stereocenters. The third-order valence-electron chi connectivity index (χ3n) is 3.91. The minimum absolute atomic E-state index is 0.0853. The fraction of sp³-hybridized carbons (Fsp3) is 0.588. The Morgan fingerprint density at radius 3 is 2.38 bits per heavy atom. The van der Waals surface area contributed by atoms with Crippen molar-refractivity contribution >= 4 is 23.7 Å². The van der Waals surface area contributed by atoms with Crippen molar-refractivity contribution in [1.29, 1.82) is 0 Å². The first-order valence-electron chi connectivity index (χ1n) is 9.08. The smallest absolute Gasteiger partial charge is 0.328 e. The van der Waals surface area contributed by atoms with Gasteiger partial charge in [-0.1, -0.05) is 13.8 Å². The van der Waals surface area contributed by atoms with Gasteiger partial charge in [-0.05, 0) is 12.3 Å². The van der Waals surface area contributed by atoms with E-state index < -0.39 is 55.0 Å². The molecule has 0 radical (unpaired) electrons. The van der Waals surface area contributed by atoms with Crippen molar-refractivity contribution in [2.24, 2.45) is 11.7 Å². The molecule has 0 saturated heterocycles. The number of aliphatic carboxylic acids is 1. The van der Waals surface area contributed by atoms with E-state index >= 15 is 0 Å². The second-order valence-electron chi connectivity index (χ2n) is 6.94. The van der Waals surface area contributed by atoms with Crippen LogP contribution in [0.1, 0.15) is 26.0 Å². The van der Waals surface area contributed by atoms with Crippen molar-refractivity contribution in [3.8, 4) is 0 Å². The third-order valence-corrected chi connectivity index (χ3v) is 3.91. The monoisotopic (exact) mass is 412 g/mol. The molecule has 0 aromatic carbocycles. The molecule has 29 heavy (non-hydrogen) atoms. The molecule has 3 unspecified atom stereocenters. The predicted octanol–water partition coefficient (Wildman–Crippen LogP) is -2.51. The number of aliphatic hydroxyl groups is 1. The number of imidazole rings is 1. The number of aromatic nitrogens is 2. The topological polar surface area (TPSA) is 200 Å². The molecule has 1 aromatic rings. The molecule has 0 bridgehead atoms. The van der Waals surface area contributed by atoms with Gasteiger partial charge >= 0.3 is 5.97 Å². The van der Waals surface area contributed by atoms with Gasteiger partial charge in [0.1, 0.15) is 12.1 Å². The van der Waals surface area contributed by atoms with Crippen LogP contribution in [0.3, 0.4) is 0 Å². The number of aliphatic hydroxyl groups excluding tert-OH is 1. The zero-order valence-corrected chi connectivity index (χ0v) is 16.3. The molecule has 0 saturated carbocycles. The van der Waals surface area contributed by atoms with Gasteiger partial charge in [0.2, 0.25) is 17.7 Å². The number of hydrogen-bond donors (Lipinski definition) is 7. The van der Waals surface area contributed by atoms with E-state index in [0.717, 1.165) is 0 Å². The maximum absolute atomic E-state index is 12.5. The molecule has 1 heterocycles. The van der Waals surface area contributed by atoms with Crippen LogP contribution in [0.15, 0.2) is 12.5 Å². The van der Waals surface area contributed by atoms with Crippen LogP contribution in [-0.4, -0.2) is 75.1 Å². The Balaban J connectivity index is 2.71. The maximum atomic E-state index is 12.5. The largest absolute Gasteiger partial charge is 0.480 e. The highest BCUT2D eigenvalue weighted by atomic mass is 16.4. The number of amides is 3. The highest BCUT2D eigenvalue weighted by Crippen LogP contribution is 2.04. The number of carboxylic acid groups (broad SMARTS) is 1. The van der Waals surface area contributed by atoms with Crippen LogP contribution < -0.4 is 21.7 Å². The second kappa shape index (κ2) is 11.8. The minimum Gasteiger partial charge on any atom is -0.480 e. The van der Waals surface area contributed by atoms with Crippen molar-refractivity contribution in [1.82, 2.24) is 25.9 Å². The van der Waals surface area contributed by atoms with Gasteiger partial charge in [-0.2, -0.15) is 0 Å². The van der Waals surface area contributed by atoms with Gasteiger partial charge in [0.25, 0.3) is 0 Å². The molecule has 162 valence electrons. The van der Waals surface area contributed by atoms with E-state index in [1.807, 2.05) is 13.8 Å². The van der Waals surface area contributed by atoms with Crippen LogP contribution in [0.5, 0.6) is 0 Å². The predicted molar refractivity (Wildman–Crippen MR) is 101 cm³/mol. The van der Waals surface area contributed by atoms with Crippen molar-refractivity contribution in [2.45, 2.75) is 44.8 Å². The van der Waals surface area contributed by atoms with E-state index in [1.165, 1.54) is 12.5 Å². The van der Waals surface area contributed by atoms with Crippen LogP contribution in [0, 0.1) is 5.92 Å². The summed E-state index contributed by atoms with van der Waals surface area (Å²) in [6, 6.07) is -3.30. The Morgan fingerprint density at radius 1 is 1.17 bits per heavy atom. The Morgan fingerprint density at radius 2 is 1.86 bits per heavy atom. The van der Waals surface area contributed by atoms with Gasteiger partial charge in [-0.3, -0.25) is 14.4 Å². The summed E-state index contributed by atoms with van der Waals surface area (Å²) in [5.41, 5.74) is 6.44. The van der Waals surface area contributed by atoms with Crippen LogP contribution in [-0.2, 0) is 25.6 Å². The highest BCUT2D eigenvalue weighted by Gasteiger charge is 2.26. The first-order chi connectivity index (χ1) is 13.6. The minimum atomic E-state index is -1.48. The number of nitrogens with two attached hydrogens (primary N) is 1. The molecule has 3 amide bonds. The molecular formula is C17H28N6O6. The molecule has 0 aliphatic carbocycles. The number of carbonyl (C=O) groups is 4. The number of hydrogen-bond acceptors (Lipinski definition) is 7. The summed E-state index contributed by atoms with van der Waals surface area (Å²) < 4.78 is 0. The fourth-order valence-corrected chi connectivity index (χ4v) is 2.44. The molecule has 0 fully saturated rings. The average Bonchev–Trinajstić information content (AvgIpc) is 3.15. The molecule has 0 spiro atoms. The number of aromatic amines is 1. The molecule has 0 aliphatic rings. The third kappa shape index (κ3) is 8.70. The lowest BCUT2D eigenvalue weighted by Crippen LogP contribution is -2.54. The van der Waals surface area contributed by atoms with Gasteiger partial charge in [0, 0.05) is 18.3 Å². The Bertz CT molecular complexity index is 693. The second-order valence-corrected chi connectivity index (χ2v) is 6.94. The summed E-state index contributed by atoms with van der Waals surface area (Å²) >= 11 is 0. The molecular weight excluding hydrogens is 384 g/mol. The van der Waals surface area contributed by atoms with Gasteiger partial charge < -0.3 is 36.9 Å². The van der Waals surface area contributed by atoms with Gasteiger partial charge in [-0.15, -0.1) is 0 Å². The van der Waals surface area contributed by atoms with Crippen molar-refractivity contribution < 1.29 is 29.4 Å². The SMILES string of the molecule is CC(C)CC(N)C(=O)NC(Cc1cnc[nH]1)C(=O)NCC(=O)NC(CO)C(=O)O. The quantitative estimate of drug-likeness (QED) is 0.195. The normalized spacial score (nSPS) is 14.0. The first kappa shape index (κ1) is 24.0. The van der Waals surface area contributed by atoms with Gasteiger partial charge in [0.05, 0.1) is 25.5 Å². The molecule has 1 aromatic heterocycles.